The van der Waals surface area contributed by atoms with Gasteiger partial charge in [-0.3, -0.25) is 14.9 Å². The van der Waals surface area contributed by atoms with Gasteiger partial charge in [-0.1, -0.05) is 18.2 Å². The Balaban J connectivity index is 1.88. The van der Waals surface area contributed by atoms with E-state index in [0.717, 1.165) is 16.0 Å². The van der Waals surface area contributed by atoms with Gasteiger partial charge < -0.3 is 14.6 Å². The minimum Gasteiger partial charge on any atom is -0.546 e. The molecule has 1 aliphatic rings. The van der Waals surface area contributed by atoms with Crippen molar-refractivity contribution in [1.29, 1.82) is 0 Å². The predicted octanol–water partition coefficient (Wildman–Crippen LogP) is 1.49. The summed E-state index contributed by atoms with van der Waals surface area (Å²) in [5, 5.41) is 12.9. The molecule has 4 amide bonds. The van der Waals surface area contributed by atoms with E-state index in [1.54, 1.807) is 30.3 Å². The fourth-order valence-corrected chi connectivity index (χ4v) is 2.82. The van der Waals surface area contributed by atoms with E-state index in [-0.39, 0.29) is 5.57 Å². The average Bonchev–Trinajstić information content (AvgIpc) is 2.69. The van der Waals surface area contributed by atoms with Crippen molar-refractivity contribution in [3.05, 3.63) is 64.7 Å². The Morgan fingerprint density at radius 1 is 1.07 bits per heavy atom. The van der Waals surface area contributed by atoms with Crippen LogP contribution in [0, 0.1) is 13.8 Å². The highest BCUT2D eigenvalue weighted by molar-refractivity contribution is 6.39. The monoisotopic (exact) mass is 407 g/mol. The minimum absolute atomic E-state index is 0.204. The van der Waals surface area contributed by atoms with Crippen molar-refractivity contribution >= 4 is 35.6 Å². The molecule has 0 saturated carbocycles. The molecule has 154 valence electrons. The number of nitrogens with zero attached hydrogens (tertiary/aromatic N) is 1. The molecule has 0 aromatic heterocycles. The van der Waals surface area contributed by atoms with Crippen LogP contribution in [0.2, 0.25) is 0 Å². The highest BCUT2D eigenvalue weighted by atomic mass is 16.5. The number of carbonyl (C=O) groups is 4. The zero-order valence-corrected chi connectivity index (χ0v) is 16.6. The van der Waals surface area contributed by atoms with Crippen LogP contribution in [0.15, 0.2) is 48.0 Å². The van der Waals surface area contributed by atoms with Crippen molar-refractivity contribution in [2.75, 3.05) is 4.90 Å². The number of imide groups is 2. The second kappa shape index (κ2) is 8.20. The summed E-state index contributed by atoms with van der Waals surface area (Å²) in [6.45, 7) is 5.11. The normalized spacial score (nSPS) is 16.4. The number of aryl methyl sites for hydroxylation is 2. The third kappa shape index (κ3) is 4.22. The fourth-order valence-electron chi connectivity index (χ4n) is 2.82. The van der Waals surface area contributed by atoms with Gasteiger partial charge in [0, 0.05) is 0 Å². The molecule has 0 unspecified atom stereocenters. The zero-order valence-electron chi connectivity index (χ0n) is 16.6. The maximum absolute atomic E-state index is 12.9. The fraction of sp³-hybridized carbons (Fsp3) is 0.182. The van der Waals surface area contributed by atoms with E-state index in [0.29, 0.717) is 17.0 Å². The van der Waals surface area contributed by atoms with Gasteiger partial charge in [-0.2, -0.15) is 0 Å². The van der Waals surface area contributed by atoms with Crippen molar-refractivity contribution in [3.63, 3.8) is 0 Å². The van der Waals surface area contributed by atoms with E-state index in [9.17, 15) is 24.3 Å². The molecule has 2 aromatic rings. The first kappa shape index (κ1) is 20.8. The standard InChI is InChI=1S/C22H20N2O6/c1-12-4-7-16(10-13(12)2)24-20(26)18(19(25)23-22(24)29)11-15-5-8-17(9-6-15)30-14(3)21(27)28/h4-11,14H,1-3H3,(H,27,28)(H,23,25,29)/p-1/b18-11-/t14-/m1/s1. The number of carbonyl (C=O) groups excluding carboxylic acids is 4. The van der Waals surface area contributed by atoms with E-state index < -0.39 is 29.9 Å². The Morgan fingerprint density at radius 3 is 2.33 bits per heavy atom. The molecule has 8 heteroatoms. The summed E-state index contributed by atoms with van der Waals surface area (Å²) < 4.78 is 5.19. The molecule has 0 radical (unpaired) electrons. The van der Waals surface area contributed by atoms with Gasteiger partial charge in [-0.25, -0.2) is 9.69 Å². The smallest absolute Gasteiger partial charge is 0.335 e. The van der Waals surface area contributed by atoms with Crippen molar-refractivity contribution in [3.8, 4) is 5.75 Å². The molecule has 2 aromatic carbocycles. The average molecular weight is 407 g/mol. The lowest BCUT2D eigenvalue weighted by Crippen LogP contribution is -2.54. The number of hydrogen-bond acceptors (Lipinski definition) is 6. The number of ether oxygens (including phenoxy) is 1. The summed E-state index contributed by atoms with van der Waals surface area (Å²) in [4.78, 5) is 49.1. The summed E-state index contributed by atoms with van der Waals surface area (Å²) in [6, 6.07) is 10.4. The van der Waals surface area contributed by atoms with Crippen LogP contribution < -0.4 is 20.1 Å². The first-order chi connectivity index (χ1) is 14.2. The SMILES string of the molecule is Cc1ccc(N2C(=O)NC(=O)/C(=C/c3ccc(O[C@H](C)C(=O)[O-])cc3)C2=O)cc1C. The molecule has 0 bridgehead atoms. The third-order valence-electron chi connectivity index (χ3n) is 4.69. The number of anilines is 1. The highest BCUT2D eigenvalue weighted by Crippen LogP contribution is 2.24. The van der Waals surface area contributed by atoms with Gasteiger partial charge in [-0.15, -0.1) is 0 Å². The van der Waals surface area contributed by atoms with Crippen LogP contribution in [0.5, 0.6) is 5.75 Å². The first-order valence-corrected chi connectivity index (χ1v) is 9.13. The molecule has 0 aliphatic carbocycles. The predicted molar refractivity (Wildman–Crippen MR) is 106 cm³/mol. The van der Waals surface area contributed by atoms with Gasteiger partial charge in [0.2, 0.25) is 0 Å². The van der Waals surface area contributed by atoms with Crippen molar-refractivity contribution in [1.82, 2.24) is 5.32 Å². The maximum atomic E-state index is 12.9. The van der Waals surface area contributed by atoms with Gasteiger partial charge in [-0.05, 0) is 67.8 Å². The number of benzene rings is 2. The van der Waals surface area contributed by atoms with Crippen LogP contribution in [-0.2, 0) is 14.4 Å². The number of aliphatic carboxylic acids is 1. The van der Waals surface area contributed by atoms with Crippen LogP contribution in [0.1, 0.15) is 23.6 Å². The van der Waals surface area contributed by atoms with Crippen LogP contribution in [0.3, 0.4) is 0 Å². The Morgan fingerprint density at radius 2 is 1.73 bits per heavy atom. The number of hydrogen-bond donors (Lipinski definition) is 1. The van der Waals surface area contributed by atoms with Crippen LogP contribution >= 0.6 is 0 Å². The second-order valence-electron chi connectivity index (χ2n) is 6.87. The molecule has 0 spiro atoms. The van der Waals surface area contributed by atoms with E-state index in [1.165, 1.54) is 25.1 Å². The molecule has 1 aliphatic heterocycles. The number of carboxylic acid groups (broad SMARTS) is 1. The lowest BCUT2D eigenvalue weighted by molar-refractivity contribution is -0.312. The Labute approximate surface area is 172 Å². The van der Waals surface area contributed by atoms with Crippen LogP contribution in [-0.4, -0.2) is 29.9 Å². The number of amides is 4. The van der Waals surface area contributed by atoms with Gasteiger partial charge >= 0.3 is 6.03 Å². The van der Waals surface area contributed by atoms with Gasteiger partial charge in [0.15, 0.2) is 0 Å². The minimum atomic E-state index is -1.35. The number of carboxylic acids is 1. The molecular formula is C22H19N2O6-. The number of rotatable bonds is 5. The Hall–Kier alpha value is -3.94. The van der Waals surface area contributed by atoms with E-state index >= 15 is 0 Å². The van der Waals surface area contributed by atoms with Crippen molar-refractivity contribution < 1.29 is 29.0 Å². The van der Waals surface area contributed by atoms with Gasteiger partial charge in [0.25, 0.3) is 11.8 Å². The summed E-state index contributed by atoms with van der Waals surface area (Å²) in [6.07, 6.45) is 0.224. The largest absolute Gasteiger partial charge is 0.546 e. The zero-order chi connectivity index (χ0) is 22.0. The van der Waals surface area contributed by atoms with Crippen molar-refractivity contribution in [2.45, 2.75) is 26.9 Å². The van der Waals surface area contributed by atoms with Crippen LogP contribution in [0.4, 0.5) is 10.5 Å². The van der Waals surface area contributed by atoms with E-state index in [2.05, 4.69) is 5.32 Å². The lowest BCUT2D eigenvalue weighted by Gasteiger charge is -2.26. The van der Waals surface area contributed by atoms with Crippen molar-refractivity contribution in [2.24, 2.45) is 0 Å². The summed E-state index contributed by atoms with van der Waals surface area (Å²) in [7, 11) is 0. The van der Waals surface area contributed by atoms with E-state index in [4.69, 9.17) is 4.74 Å². The van der Waals surface area contributed by atoms with E-state index in [1.807, 2.05) is 13.8 Å². The number of nitrogens with one attached hydrogen (secondary N) is 1. The summed E-state index contributed by atoms with van der Waals surface area (Å²) >= 11 is 0. The molecule has 8 nitrogen and oxygen atoms in total. The molecule has 3 rings (SSSR count). The lowest BCUT2D eigenvalue weighted by atomic mass is 10.1. The Bertz CT molecular complexity index is 1070. The molecule has 1 heterocycles. The highest BCUT2D eigenvalue weighted by Gasteiger charge is 2.36. The maximum Gasteiger partial charge on any atom is 0.335 e. The third-order valence-corrected chi connectivity index (χ3v) is 4.69. The quantitative estimate of drug-likeness (QED) is 0.593. The topological polar surface area (TPSA) is 116 Å². The molecule has 1 fully saturated rings. The van der Waals surface area contributed by atoms with Gasteiger partial charge in [0.05, 0.1) is 11.7 Å². The van der Waals surface area contributed by atoms with Gasteiger partial charge in [0.1, 0.15) is 17.4 Å². The molecule has 1 N–H and O–H groups in total. The number of urea groups is 1. The second-order valence-corrected chi connectivity index (χ2v) is 6.87. The first-order valence-electron chi connectivity index (χ1n) is 9.13. The molecular weight excluding hydrogens is 388 g/mol. The molecule has 1 atom stereocenters. The Kier molecular flexibility index (Phi) is 5.68. The van der Waals surface area contributed by atoms with Crippen LogP contribution in [0.25, 0.3) is 6.08 Å². The summed E-state index contributed by atoms with van der Waals surface area (Å²) in [5.74, 6) is -2.59. The molecule has 1 saturated heterocycles. The number of barbiturate groups is 1. The molecule has 30 heavy (non-hydrogen) atoms. The summed E-state index contributed by atoms with van der Waals surface area (Å²) in [5.41, 5.74) is 2.56.